The lowest BCUT2D eigenvalue weighted by molar-refractivity contribution is -0.167. The maximum Gasteiger partial charge on any atom is 0.306 e. The second kappa shape index (κ2) is 50.4. The molecular weight excluding hydrogens is 769 g/mol. The number of carbonyl (C=O) groups is 3. The van der Waals surface area contributed by atoms with Gasteiger partial charge in [-0.25, -0.2) is 0 Å². The van der Waals surface area contributed by atoms with Crippen LogP contribution in [0.25, 0.3) is 0 Å². The van der Waals surface area contributed by atoms with Crippen molar-refractivity contribution >= 4 is 17.9 Å². The third-order valence-electron chi connectivity index (χ3n) is 13.2. The molecule has 0 aliphatic heterocycles. The fourth-order valence-corrected chi connectivity index (χ4v) is 8.54. The van der Waals surface area contributed by atoms with Crippen LogP contribution in [0.3, 0.4) is 0 Å². The van der Waals surface area contributed by atoms with Gasteiger partial charge >= 0.3 is 17.9 Å². The second-order valence-corrected chi connectivity index (χ2v) is 19.5. The molecule has 0 saturated heterocycles. The Morgan fingerprint density at radius 2 is 0.565 bits per heavy atom. The summed E-state index contributed by atoms with van der Waals surface area (Å²) in [5.41, 5.74) is 0. The Morgan fingerprint density at radius 3 is 0.839 bits per heavy atom. The van der Waals surface area contributed by atoms with Crippen molar-refractivity contribution in [3.8, 4) is 0 Å². The lowest BCUT2D eigenvalue weighted by Gasteiger charge is -2.18. The van der Waals surface area contributed by atoms with E-state index < -0.39 is 6.10 Å². The standard InChI is InChI=1S/C56H108O6/c1-5-8-10-12-14-16-18-19-20-21-25-28-32-35-39-43-47-54(57)60-50-53(62-56(59)49-45-41-37-31-17-15-13-11-9-6-2)51-61-55(58)48-44-40-36-33-29-26-23-22-24-27-30-34-38-42-46-52(4)7-3/h52-53H,5-51H2,1-4H3/t52?,53-/m0/s1. The number of unbranched alkanes of at least 4 members (excludes halogenated alkanes) is 37. The van der Waals surface area contributed by atoms with Crippen LogP contribution in [0, 0.1) is 5.92 Å². The summed E-state index contributed by atoms with van der Waals surface area (Å²) in [4.78, 5) is 38.0. The maximum atomic E-state index is 12.8. The molecule has 62 heavy (non-hydrogen) atoms. The van der Waals surface area contributed by atoms with Crippen molar-refractivity contribution in [2.45, 2.75) is 323 Å². The van der Waals surface area contributed by atoms with E-state index in [0.29, 0.717) is 19.3 Å². The topological polar surface area (TPSA) is 78.9 Å². The lowest BCUT2D eigenvalue weighted by atomic mass is 9.99. The van der Waals surface area contributed by atoms with Crippen LogP contribution in [0.4, 0.5) is 0 Å². The average molecular weight is 877 g/mol. The lowest BCUT2D eigenvalue weighted by Crippen LogP contribution is -2.30. The van der Waals surface area contributed by atoms with Gasteiger partial charge in [-0.05, 0) is 25.2 Å². The maximum absolute atomic E-state index is 12.8. The number of ether oxygens (including phenoxy) is 3. The first-order valence-corrected chi connectivity index (χ1v) is 27.9. The summed E-state index contributed by atoms with van der Waals surface area (Å²) in [6.07, 6.45) is 53.7. The zero-order valence-electron chi connectivity index (χ0n) is 42.3. The number of esters is 3. The third-order valence-corrected chi connectivity index (χ3v) is 13.2. The van der Waals surface area contributed by atoms with Gasteiger partial charge in [0.1, 0.15) is 13.2 Å². The van der Waals surface area contributed by atoms with Gasteiger partial charge in [0, 0.05) is 19.3 Å². The fraction of sp³-hybridized carbons (Fsp3) is 0.946. The Hall–Kier alpha value is -1.59. The molecule has 1 unspecified atom stereocenters. The summed E-state index contributed by atoms with van der Waals surface area (Å²) in [6, 6.07) is 0. The van der Waals surface area contributed by atoms with Crippen LogP contribution >= 0.6 is 0 Å². The molecule has 0 N–H and O–H groups in total. The van der Waals surface area contributed by atoms with Crippen LogP contribution in [0.15, 0.2) is 0 Å². The number of hydrogen-bond acceptors (Lipinski definition) is 6. The van der Waals surface area contributed by atoms with E-state index in [1.54, 1.807) is 0 Å². The minimum absolute atomic E-state index is 0.0622. The molecular formula is C56H108O6. The van der Waals surface area contributed by atoms with E-state index in [-0.39, 0.29) is 31.1 Å². The highest BCUT2D eigenvalue weighted by Gasteiger charge is 2.19. The quantitative estimate of drug-likeness (QED) is 0.0344. The first-order chi connectivity index (χ1) is 30.4. The minimum atomic E-state index is -0.760. The first kappa shape index (κ1) is 60.4. The van der Waals surface area contributed by atoms with Gasteiger partial charge in [0.15, 0.2) is 6.10 Å². The summed E-state index contributed by atoms with van der Waals surface area (Å²) in [7, 11) is 0. The fourth-order valence-electron chi connectivity index (χ4n) is 8.54. The van der Waals surface area contributed by atoms with Crippen molar-refractivity contribution in [1.82, 2.24) is 0 Å². The molecule has 0 heterocycles. The van der Waals surface area contributed by atoms with E-state index in [1.165, 1.54) is 212 Å². The Kier molecular flexibility index (Phi) is 49.1. The molecule has 368 valence electrons. The monoisotopic (exact) mass is 877 g/mol. The highest BCUT2D eigenvalue weighted by Crippen LogP contribution is 2.18. The minimum Gasteiger partial charge on any atom is -0.462 e. The van der Waals surface area contributed by atoms with E-state index in [1.807, 2.05) is 0 Å². The Morgan fingerprint density at radius 1 is 0.323 bits per heavy atom. The van der Waals surface area contributed by atoms with Gasteiger partial charge in [-0.15, -0.1) is 0 Å². The molecule has 0 rings (SSSR count). The van der Waals surface area contributed by atoms with E-state index in [9.17, 15) is 14.4 Å². The molecule has 0 aliphatic rings. The number of hydrogen-bond donors (Lipinski definition) is 0. The van der Waals surface area contributed by atoms with Crippen LogP contribution in [-0.4, -0.2) is 37.2 Å². The molecule has 0 aromatic rings. The SMILES string of the molecule is CCCCCCCCCCCCCCCCCCC(=O)OC[C@@H](COC(=O)CCCCCCCCCCCCCCCCC(C)CC)OC(=O)CCCCCCCCCCCC. The summed E-state index contributed by atoms with van der Waals surface area (Å²) in [5.74, 6) is 0.0557. The molecule has 0 fully saturated rings. The van der Waals surface area contributed by atoms with Crippen LogP contribution in [0.1, 0.15) is 317 Å². The number of rotatable bonds is 51. The summed E-state index contributed by atoms with van der Waals surface area (Å²) in [5, 5.41) is 0. The first-order valence-electron chi connectivity index (χ1n) is 27.9. The van der Waals surface area contributed by atoms with Crippen LogP contribution in [0.2, 0.25) is 0 Å². The molecule has 6 nitrogen and oxygen atoms in total. The predicted octanol–water partition coefficient (Wildman–Crippen LogP) is 18.2. The Balaban J connectivity index is 4.23. The normalized spacial score (nSPS) is 12.4. The summed E-state index contributed by atoms with van der Waals surface area (Å²) >= 11 is 0. The number of carbonyl (C=O) groups excluding carboxylic acids is 3. The van der Waals surface area contributed by atoms with Gasteiger partial charge in [0.05, 0.1) is 0 Å². The van der Waals surface area contributed by atoms with Crippen molar-refractivity contribution in [2.75, 3.05) is 13.2 Å². The van der Waals surface area contributed by atoms with Crippen LogP contribution in [0.5, 0.6) is 0 Å². The highest BCUT2D eigenvalue weighted by atomic mass is 16.6. The van der Waals surface area contributed by atoms with Gasteiger partial charge in [-0.1, -0.05) is 278 Å². The van der Waals surface area contributed by atoms with Gasteiger partial charge in [0.25, 0.3) is 0 Å². The molecule has 0 bridgehead atoms. The molecule has 0 aromatic carbocycles. The summed E-state index contributed by atoms with van der Waals surface area (Å²) in [6.45, 7) is 9.08. The van der Waals surface area contributed by atoms with Gasteiger partial charge in [0.2, 0.25) is 0 Å². The van der Waals surface area contributed by atoms with Crippen molar-refractivity contribution in [3.05, 3.63) is 0 Å². The predicted molar refractivity (Wildman–Crippen MR) is 266 cm³/mol. The van der Waals surface area contributed by atoms with Crippen molar-refractivity contribution in [1.29, 1.82) is 0 Å². The largest absolute Gasteiger partial charge is 0.462 e. The summed E-state index contributed by atoms with van der Waals surface area (Å²) < 4.78 is 16.8. The van der Waals surface area contributed by atoms with Gasteiger partial charge in [-0.3, -0.25) is 14.4 Å². The molecule has 6 heteroatoms. The third kappa shape index (κ3) is 47.9. The van der Waals surface area contributed by atoms with E-state index >= 15 is 0 Å². The smallest absolute Gasteiger partial charge is 0.306 e. The van der Waals surface area contributed by atoms with Crippen LogP contribution < -0.4 is 0 Å². The molecule has 0 saturated carbocycles. The van der Waals surface area contributed by atoms with Gasteiger partial charge in [-0.2, -0.15) is 0 Å². The zero-order chi connectivity index (χ0) is 45.2. The molecule has 0 amide bonds. The van der Waals surface area contributed by atoms with Crippen molar-refractivity contribution < 1.29 is 28.6 Å². The Bertz CT molecular complexity index is 935. The molecule has 0 aromatic heterocycles. The van der Waals surface area contributed by atoms with E-state index in [2.05, 4.69) is 27.7 Å². The van der Waals surface area contributed by atoms with Crippen LogP contribution in [-0.2, 0) is 28.6 Å². The highest BCUT2D eigenvalue weighted by molar-refractivity contribution is 5.71. The second-order valence-electron chi connectivity index (χ2n) is 19.5. The molecule has 0 aliphatic carbocycles. The molecule has 0 radical (unpaired) electrons. The van der Waals surface area contributed by atoms with Gasteiger partial charge < -0.3 is 14.2 Å². The zero-order valence-corrected chi connectivity index (χ0v) is 42.3. The van der Waals surface area contributed by atoms with E-state index in [4.69, 9.17) is 14.2 Å². The average Bonchev–Trinajstić information content (AvgIpc) is 3.27. The molecule has 0 spiro atoms. The molecule has 2 atom stereocenters. The Labute approximate surface area is 387 Å². The van der Waals surface area contributed by atoms with Crippen molar-refractivity contribution in [3.63, 3.8) is 0 Å². The van der Waals surface area contributed by atoms with E-state index in [0.717, 1.165) is 63.7 Å². The van der Waals surface area contributed by atoms with Crippen molar-refractivity contribution in [2.24, 2.45) is 5.92 Å².